The Kier molecular flexibility index (Phi) is 3.63. The van der Waals surface area contributed by atoms with E-state index in [0.29, 0.717) is 6.42 Å². The molecule has 0 aromatic rings. The molecule has 0 aromatic heterocycles. The first-order valence-corrected chi connectivity index (χ1v) is 3.16. The standard InChI is InChI=1S/C5H12N4O2/c6-5(7,9-8)3-1-2-4(10)11/h8H,1-3,6-7H2,(H,10,11). The quantitative estimate of drug-likeness (QED) is 0.329. The van der Waals surface area contributed by atoms with Gasteiger partial charge in [-0.1, -0.05) is 0 Å². The maximum Gasteiger partial charge on any atom is 0.303 e. The van der Waals surface area contributed by atoms with Crippen molar-refractivity contribution in [2.45, 2.75) is 25.0 Å². The summed E-state index contributed by atoms with van der Waals surface area (Å²) in [6.07, 6.45) is 0.555. The van der Waals surface area contributed by atoms with Gasteiger partial charge in [-0.15, -0.1) is 0 Å². The summed E-state index contributed by atoms with van der Waals surface area (Å²) in [5, 5.41) is 11.2. The summed E-state index contributed by atoms with van der Waals surface area (Å²) in [4.78, 5) is 10.0. The van der Waals surface area contributed by atoms with Crippen molar-refractivity contribution in [3.05, 3.63) is 0 Å². The minimum Gasteiger partial charge on any atom is -0.481 e. The van der Waals surface area contributed by atoms with Gasteiger partial charge in [0.25, 0.3) is 0 Å². The number of carboxylic acids is 1. The van der Waals surface area contributed by atoms with Crippen LogP contribution in [0.1, 0.15) is 19.3 Å². The summed E-state index contributed by atoms with van der Waals surface area (Å²) in [5.74, 6) is -2.29. The summed E-state index contributed by atoms with van der Waals surface area (Å²) in [7, 11) is 0. The van der Waals surface area contributed by atoms with E-state index < -0.39 is 11.8 Å². The van der Waals surface area contributed by atoms with Crippen LogP contribution in [0.25, 0.3) is 0 Å². The van der Waals surface area contributed by atoms with Crippen molar-refractivity contribution in [2.24, 2.45) is 16.6 Å². The van der Waals surface area contributed by atoms with Crippen molar-refractivity contribution >= 4 is 5.97 Å². The summed E-state index contributed by atoms with van der Waals surface area (Å²) >= 11 is 0. The molecule has 0 heterocycles. The number of rotatable bonds is 5. The van der Waals surface area contributed by atoms with Crippen LogP contribution in [0.3, 0.4) is 0 Å². The highest BCUT2D eigenvalue weighted by Gasteiger charge is 2.16. The van der Waals surface area contributed by atoms with Gasteiger partial charge in [0.2, 0.25) is 0 Å². The number of carboxylic acid groups (broad SMARTS) is 1. The SMILES string of the molecule is N=NC(N)(N)CCCC(=O)O. The maximum absolute atomic E-state index is 10.0. The molecule has 64 valence electrons. The Labute approximate surface area is 64.1 Å². The lowest BCUT2D eigenvalue weighted by atomic mass is 10.1. The van der Waals surface area contributed by atoms with Crippen molar-refractivity contribution in [3.8, 4) is 0 Å². The van der Waals surface area contributed by atoms with Gasteiger partial charge in [0.15, 0.2) is 5.79 Å². The molecular weight excluding hydrogens is 148 g/mol. The van der Waals surface area contributed by atoms with Crippen LogP contribution >= 0.6 is 0 Å². The molecule has 0 fully saturated rings. The number of carbonyl (C=O) groups is 1. The average Bonchev–Trinajstić information content (AvgIpc) is 1.87. The molecule has 6 heteroatoms. The molecular formula is C5H12N4O2. The van der Waals surface area contributed by atoms with Gasteiger partial charge in [0.1, 0.15) is 0 Å². The molecule has 0 bridgehead atoms. The zero-order chi connectivity index (χ0) is 8.91. The topological polar surface area (TPSA) is 126 Å². The van der Waals surface area contributed by atoms with Crippen molar-refractivity contribution in [3.63, 3.8) is 0 Å². The van der Waals surface area contributed by atoms with Crippen molar-refractivity contribution in [2.75, 3.05) is 0 Å². The fraction of sp³-hybridized carbons (Fsp3) is 0.800. The predicted molar refractivity (Wildman–Crippen MR) is 37.7 cm³/mol. The van der Waals surface area contributed by atoms with E-state index >= 15 is 0 Å². The number of hydrogen-bond donors (Lipinski definition) is 4. The molecule has 0 amide bonds. The van der Waals surface area contributed by atoms with Crippen LogP contribution in [0.15, 0.2) is 5.11 Å². The molecule has 0 saturated heterocycles. The summed E-state index contributed by atoms with van der Waals surface area (Å²) in [5.41, 5.74) is 17.0. The first kappa shape index (κ1) is 9.99. The Morgan fingerprint density at radius 1 is 1.64 bits per heavy atom. The highest BCUT2D eigenvalue weighted by atomic mass is 16.4. The number of hydrogen-bond acceptors (Lipinski definition) is 5. The molecule has 0 radical (unpaired) electrons. The van der Waals surface area contributed by atoms with Crippen LogP contribution in [0.4, 0.5) is 0 Å². The molecule has 0 aromatic carbocycles. The van der Waals surface area contributed by atoms with E-state index in [1.807, 2.05) is 0 Å². The Morgan fingerprint density at radius 2 is 2.18 bits per heavy atom. The van der Waals surface area contributed by atoms with Gasteiger partial charge in [0.05, 0.1) is 0 Å². The second-order valence-corrected chi connectivity index (χ2v) is 2.35. The molecule has 6 N–H and O–H groups in total. The van der Waals surface area contributed by atoms with Crippen molar-refractivity contribution < 1.29 is 9.90 Å². The molecule has 0 saturated carbocycles. The summed E-state index contributed by atoms with van der Waals surface area (Å²) in [6.45, 7) is 0. The average molecular weight is 160 g/mol. The second kappa shape index (κ2) is 3.99. The third-order valence-corrected chi connectivity index (χ3v) is 1.18. The van der Waals surface area contributed by atoms with E-state index in [0.717, 1.165) is 0 Å². The zero-order valence-electron chi connectivity index (χ0n) is 6.08. The van der Waals surface area contributed by atoms with Crippen molar-refractivity contribution in [1.29, 1.82) is 5.53 Å². The van der Waals surface area contributed by atoms with Gasteiger partial charge >= 0.3 is 5.97 Å². The molecule has 0 unspecified atom stereocenters. The van der Waals surface area contributed by atoms with Crippen LogP contribution in [-0.4, -0.2) is 16.9 Å². The van der Waals surface area contributed by atoms with Gasteiger partial charge < -0.3 is 5.11 Å². The maximum atomic E-state index is 10.0. The van der Waals surface area contributed by atoms with Crippen LogP contribution in [0.2, 0.25) is 0 Å². The highest BCUT2D eigenvalue weighted by Crippen LogP contribution is 2.05. The van der Waals surface area contributed by atoms with Gasteiger partial charge in [-0.2, -0.15) is 5.11 Å². The van der Waals surface area contributed by atoms with Crippen LogP contribution < -0.4 is 11.5 Å². The molecule has 0 aliphatic heterocycles. The monoisotopic (exact) mass is 160 g/mol. The lowest BCUT2D eigenvalue weighted by Gasteiger charge is -2.15. The van der Waals surface area contributed by atoms with E-state index in [2.05, 4.69) is 5.11 Å². The number of nitrogens with zero attached hydrogens (tertiary/aromatic N) is 1. The lowest BCUT2D eigenvalue weighted by Crippen LogP contribution is -2.46. The molecule has 11 heavy (non-hydrogen) atoms. The Hall–Kier alpha value is -1.01. The zero-order valence-corrected chi connectivity index (χ0v) is 6.08. The third kappa shape index (κ3) is 5.43. The first-order chi connectivity index (χ1) is 4.98. The fourth-order valence-corrected chi connectivity index (χ4v) is 0.579. The first-order valence-electron chi connectivity index (χ1n) is 3.16. The van der Waals surface area contributed by atoms with E-state index in [4.69, 9.17) is 22.1 Å². The largest absolute Gasteiger partial charge is 0.481 e. The highest BCUT2D eigenvalue weighted by molar-refractivity contribution is 5.66. The molecule has 0 aliphatic rings. The minimum atomic E-state index is -1.39. The number of nitrogens with one attached hydrogen (secondary N) is 1. The van der Waals surface area contributed by atoms with Crippen molar-refractivity contribution in [1.82, 2.24) is 0 Å². The second-order valence-electron chi connectivity index (χ2n) is 2.35. The van der Waals surface area contributed by atoms with E-state index in [9.17, 15) is 4.79 Å². The van der Waals surface area contributed by atoms with E-state index in [1.165, 1.54) is 0 Å². The smallest absolute Gasteiger partial charge is 0.303 e. The lowest BCUT2D eigenvalue weighted by molar-refractivity contribution is -0.137. The van der Waals surface area contributed by atoms with Crippen LogP contribution in [0.5, 0.6) is 0 Å². The predicted octanol–water partition coefficient (Wildman–Crippen LogP) is -0.157. The van der Waals surface area contributed by atoms with E-state index in [1.54, 1.807) is 0 Å². The van der Waals surface area contributed by atoms with Gasteiger partial charge in [-0.05, 0) is 6.42 Å². The molecule has 0 atom stereocenters. The Morgan fingerprint density at radius 3 is 2.55 bits per heavy atom. The number of nitrogens with two attached hydrogens (primary N) is 2. The fourth-order valence-electron chi connectivity index (χ4n) is 0.579. The van der Waals surface area contributed by atoms with Crippen LogP contribution in [-0.2, 0) is 4.79 Å². The molecule has 0 spiro atoms. The normalized spacial score (nSPS) is 11.1. The molecule has 0 rings (SSSR count). The third-order valence-electron chi connectivity index (χ3n) is 1.18. The molecule has 0 aliphatic carbocycles. The summed E-state index contributed by atoms with van der Waals surface area (Å²) < 4.78 is 0. The summed E-state index contributed by atoms with van der Waals surface area (Å²) in [6, 6.07) is 0. The Balaban J connectivity index is 3.53. The van der Waals surface area contributed by atoms with Gasteiger partial charge in [0, 0.05) is 12.8 Å². The Bertz CT molecular complexity index is 157. The van der Waals surface area contributed by atoms with Gasteiger partial charge in [-0.25, -0.2) is 5.53 Å². The number of aliphatic carboxylic acids is 1. The van der Waals surface area contributed by atoms with E-state index in [-0.39, 0.29) is 12.8 Å². The molecule has 6 nitrogen and oxygen atoms in total. The van der Waals surface area contributed by atoms with Crippen LogP contribution in [0, 0.1) is 5.53 Å². The van der Waals surface area contributed by atoms with Gasteiger partial charge in [-0.3, -0.25) is 16.3 Å². The minimum absolute atomic E-state index is 0.00562.